The molecule has 0 bridgehead atoms. The summed E-state index contributed by atoms with van der Waals surface area (Å²) in [6.07, 6.45) is 0. The zero-order valence-electron chi connectivity index (χ0n) is 9.15. The number of halogens is 2. The molecule has 0 aliphatic carbocycles. The maximum atomic E-state index is 11.1. The van der Waals surface area contributed by atoms with Crippen LogP contribution >= 0.6 is 27.5 Å². The average molecular weight is 327 g/mol. The van der Waals surface area contributed by atoms with Crippen LogP contribution in [0.15, 0.2) is 46.9 Å². The summed E-state index contributed by atoms with van der Waals surface area (Å²) >= 11 is 9.22. The van der Waals surface area contributed by atoms with Gasteiger partial charge in [-0.05, 0) is 46.3 Å². The van der Waals surface area contributed by atoms with Crippen LogP contribution in [0.4, 0.5) is 11.4 Å². The van der Waals surface area contributed by atoms with Crippen LogP contribution in [-0.4, -0.2) is 11.1 Å². The van der Waals surface area contributed by atoms with Crippen molar-refractivity contribution in [1.82, 2.24) is 0 Å². The van der Waals surface area contributed by atoms with Crippen LogP contribution in [0.2, 0.25) is 5.02 Å². The molecular weight excluding hydrogens is 318 g/mol. The molecule has 0 atom stereocenters. The molecule has 0 aliphatic heterocycles. The molecule has 0 spiro atoms. The molecule has 0 heterocycles. The van der Waals surface area contributed by atoms with E-state index in [1.54, 1.807) is 42.5 Å². The van der Waals surface area contributed by atoms with Crippen LogP contribution < -0.4 is 5.32 Å². The van der Waals surface area contributed by atoms with Crippen LogP contribution in [0.5, 0.6) is 0 Å². The zero-order valence-corrected chi connectivity index (χ0v) is 11.5. The van der Waals surface area contributed by atoms with Gasteiger partial charge in [-0.15, -0.1) is 0 Å². The first-order valence-electron chi connectivity index (χ1n) is 5.12. The Kier molecular flexibility index (Phi) is 3.89. The minimum atomic E-state index is -0.967. The van der Waals surface area contributed by atoms with Gasteiger partial charge in [0.2, 0.25) is 0 Å². The number of anilines is 2. The van der Waals surface area contributed by atoms with E-state index in [0.717, 1.165) is 10.2 Å². The molecule has 5 heteroatoms. The van der Waals surface area contributed by atoms with Gasteiger partial charge in [-0.2, -0.15) is 0 Å². The Bertz CT molecular complexity index is 601. The summed E-state index contributed by atoms with van der Waals surface area (Å²) < 4.78 is 0.752. The number of nitrogens with one attached hydrogen (secondary N) is 1. The van der Waals surface area contributed by atoms with Crippen LogP contribution in [0, 0.1) is 0 Å². The number of carbonyl (C=O) groups is 1. The van der Waals surface area contributed by atoms with Gasteiger partial charge >= 0.3 is 5.97 Å². The molecule has 0 radical (unpaired) electrons. The first-order chi connectivity index (χ1) is 8.58. The summed E-state index contributed by atoms with van der Waals surface area (Å²) in [5, 5.41) is 12.7. The Morgan fingerprint density at radius 1 is 1.22 bits per heavy atom. The van der Waals surface area contributed by atoms with Crippen molar-refractivity contribution >= 4 is 44.9 Å². The first-order valence-corrected chi connectivity index (χ1v) is 6.29. The van der Waals surface area contributed by atoms with Crippen molar-refractivity contribution in [2.24, 2.45) is 0 Å². The summed E-state index contributed by atoms with van der Waals surface area (Å²) in [6.45, 7) is 0. The lowest BCUT2D eigenvalue weighted by Crippen LogP contribution is -2.02. The van der Waals surface area contributed by atoms with Crippen molar-refractivity contribution < 1.29 is 9.90 Å². The summed E-state index contributed by atoms with van der Waals surface area (Å²) in [4.78, 5) is 11.1. The zero-order chi connectivity index (χ0) is 13.1. The third-order valence-electron chi connectivity index (χ3n) is 2.36. The van der Waals surface area contributed by atoms with E-state index in [9.17, 15) is 4.79 Å². The second kappa shape index (κ2) is 5.42. The molecule has 0 saturated carbocycles. The van der Waals surface area contributed by atoms with Crippen molar-refractivity contribution in [1.29, 1.82) is 0 Å². The second-order valence-electron chi connectivity index (χ2n) is 3.60. The fourth-order valence-electron chi connectivity index (χ4n) is 1.51. The van der Waals surface area contributed by atoms with Gasteiger partial charge in [0.05, 0.1) is 16.3 Å². The van der Waals surface area contributed by atoms with Crippen LogP contribution in [0.25, 0.3) is 0 Å². The van der Waals surface area contributed by atoms with Crippen molar-refractivity contribution in [3.05, 3.63) is 57.5 Å². The molecule has 2 aromatic rings. The lowest BCUT2D eigenvalue weighted by atomic mass is 10.1. The first kappa shape index (κ1) is 12.9. The fraction of sp³-hybridized carbons (Fsp3) is 0. The molecule has 0 saturated heterocycles. The number of hydrogen-bond acceptors (Lipinski definition) is 2. The summed E-state index contributed by atoms with van der Waals surface area (Å²) in [5.74, 6) is -0.967. The molecule has 3 nitrogen and oxygen atoms in total. The number of para-hydroxylation sites is 1. The minimum absolute atomic E-state index is 0.226. The monoisotopic (exact) mass is 325 g/mol. The van der Waals surface area contributed by atoms with Gasteiger partial charge in [0.25, 0.3) is 0 Å². The topological polar surface area (TPSA) is 49.3 Å². The number of carboxylic acids is 1. The van der Waals surface area contributed by atoms with Gasteiger partial charge in [-0.1, -0.05) is 23.7 Å². The van der Waals surface area contributed by atoms with Crippen molar-refractivity contribution in [2.45, 2.75) is 0 Å². The van der Waals surface area contributed by atoms with E-state index in [2.05, 4.69) is 21.2 Å². The SMILES string of the molecule is O=C(O)c1ccccc1Nc1ccc(Cl)c(Br)c1. The van der Waals surface area contributed by atoms with Crippen molar-refractivity contribution in [3.8, 4) is 0 Å². The van der Waals surface area contributed by atoms with E-state index < -0.39 is 5.97 Å². The van der Waals surface area contributed by atoms with Crippen molar-refractivity contribution in [2.75, 3.05) is 5.32 Å². The average Bonchev–Trinajstić information content (AvgIpc) is 2.34. The largest absolute Gasteiger partial charge is 0.478 e. The molecule has 0 aromatic heterocycles. The molecule has 0 fully saturated rings. The maximum absolute atomic E-state index is 11.1. The van der Waals surface area contributed by atoms with E-state index in [4.69, 9.17) is 16.7 Å². The van der Waals surface area contributed by atoms with Crippen LogP contribution in [0.3, 0.4) is 0 Å². The lowest BCUT2D eigenvalue weighted by molar-refractivity contribution is 0.0698. The quantitative estimate of drug-likeness (QED) is 0.870. The molecule has 2 N–H and O–H groups in total. The Morgan fingerprint density at radius 2 is 1.94 bits per heavy atom. The molecule has 0 unspecified atom stereocenters. The molecule has 0 aliphatic rings. The molecular formula is C13H9BrClNO2. The highest BCUT2D eigenvalue weighted by Crippen LogP contribution is 2.28. The smallest absolute Gasteiger partial charge is 0.337 e. The van der Waals surface area contributed by atoms with Gasteiger partial charge in [0.15, 0.2) is 0 Å². The molecule has 18 heavy (non-hydrogen) atoms. The number of benzene rings is 2. The Morgan fingerprint density at radius 3 is 2.61 bits per heavy atom. The van der Waals surface area contributed by atoms with E-state index in [0.29, 0.717) is 10.7 Å². The summed E-state index contributed by atoms with van der Waals surface area (Å²) in [6, 6.07) is 12.0. The molecule has 92 valence electrons. The third kappa shape index (κ3) is 2.83. The predicted octanol–water partition coefficient (Wildman–Crippen LogP) is 4.54. The van der Waals surface area contributed by atoms with E-state index >= 15 is 0 Å². The van der Waals surface area contributed by atoms with Gasteiger partial charge in [0, 0.05) is 10.2 Å². The third-order valence-corrected chi connectivity index (χ3v) is 3.57. The highest BCUT2D eigenvalue weighted by Gasteiger charge is 2.09. The van der Waals surface area contributed by atoms with E-state index in [-0.39, 0.29) is 5.56 Å². The van der Waals surface area contributed by atoms with Gasteiger partial charge < -0.3 is 10.4 Å². The summed E-state index contributed by atoms with van der Waals surface area (Å²) in [5.41, 5.74) is 1.53. The van der Waals surface area contributed by atoms with Crippen LogP contribution in [-0.2, 0) is 0 Å². The number of hydrogen-bond donors (Lipinski definition) is 2. The van der Waals surface area contributed by atoms with E-state index in [1.807, 2.05) is 0 Å². The lowest BCUT2D eigenvalue weighted by Gasteiger charge is -2.10. The van der Waals surface area contributed by atoms with Gasteiger partial charge in [0.1, 0.15) is 0 Å². The summed E-state index contributed by atoms with van der Waals surface area (Å²) in [7, 11) is 0. The molecule has 0 amide bonds. The maximum Gasteiger partial charge on any atom is 0.337 e. The number of rotatable bonds is 3. The van der Waals surface area contributed by atoms with Crippen LogP contribution in [0.1, 0.15) is 10.4 Å². The van der Waals surface area contributed by atoms with Gasteiger partial charge in [-0.3, -0.25) is 0 Å². The fourth-order valence-corrected chi connectivity index (χ4v) is 2.00. The highest BCUT2D eigenvalue weighted by molar-refractivity contribution is 9.10. The standard InChI is InChI=1S/C13H9BrClNO2/c14-10-7-8(5-6-11(10)15)16-12-4-2-1-3-9(12)13(17)18/h1-7,16H,(H,17,18). The molecule has 2 aromatic carbocycles. The molecule has 2 rings (SSSR count). The Labute approximate surface area is 118 Å². The van der Waals surface area contributed by atoms with Gasteiger partial charge in [-0.25, -0.2) is 4.79 Å². The van der Waals surface area contributed by atoms with Crippen molar-refractivity contribution in [3.63, 3.8) is 0 Å². The Hall–Kier alpha value is -1.52. The minimum Gasteiger partial charge on any atom is -0.478 e. The highest BCUT2D eigenvalue weighted by atomic mass is 79.9. The number of aromatic carboxylic acids is 1. The Balaban J connectivity index is 2.34. The number of carboxylic acid groups (broad SMARTS) is 1. The normalized spacial score (nSPS) is 10.1. The predicted molar refractivity (Wildman–Crippen MR) is 75.8 cm³/mol. The second-order valence-corrected chi connectivity index (χ2v) is 4.87. The van der Waals surface area contributed by atoms with E-state index in [1.165, 1.54) is 0 Å².